The van der Waals surface area contributed by atoms with E-state index in [0.717, 1.165) is 5.56 Å². The average molecular weight is 261 g/mol. The van der Waals surface area contributed by atoms with Gasteiger partial charge in [0.1, 0.15) is 17.3 Å². The highest BCUT2D eigenvalue weighted by Gasteiger charge is 2.04. The van der Waals surface area contributed by atoms with Crippen LogP contribution in [0.5, 0.6) is 11.5 Å². The predicted octanol–water partition coefficient (Wildman–Crippen LogP) is 2.83. The van der Waals surface area contributed by atoms with Gasteiger partial charge in [-0.2, -0.15) is 0 Å². The van der Waals surface area contributed by atoms with Crippen LogP contribution in [0.4, 0.5) is 4.39 Å². The highest BCUT2D eigenvalue weighted by molar-refractivity contribution is 5.39. The maximum atomic E-state index is 13.4. The molecule has 0 aliphatic rings. The number of aromatic hydroxyl groups is 1. The molecular formula is C15H16FNO2. The van der Waals surface area contributed by atoms with Crippen molar-refractivity contribution < 1.29 is 14.2 Å². The molecule has 0 bridgehead atoms. The summed E-state index contributed by atoms with van der Waals surface area (Å²) in [6, 6.07) is 11.7. The summed E-state index contributed by atoms with van der Waals surface area (Å²) in [5.41, 5.74) is 1.35. The van der Waals surface area contributed by atoms with Crippen molar-refractivity contribution in [1.82, 2.24) is 5.32 Å². The Labute approximate surface area is 111 Å². The molecule has 2 N–H and O–H groups in total. The number of hydrogen-bond donors (Lipinski definition) is 2. The smallest absolute Gasteiger partial charge is 0.127 e. The zero-order valence-corrected chi connectivity index (χ0v) is 10.7. The molecule has 0 unspecified atom stereocenters. The van der Waals surface area contributed by atoms with Gasteiger partial charge in [0.2, 0.25) is 0 Å². The average Bonchev–Trinajstić information content (AvgIpc) is 2.42. The lowest BCUT2D eigenvalue weighted by atomic mass is 10.1. The Kier molecular flexibility index (Phi) is 4.36. The van der Waals surface area contributed by atoms with Crippen LogP contribution >= 0.6 is 0 Å². The molecule has 100 valence electrons. The lowest BCUT2D eigenvalue weighted by Crippen LogP contribution is -2.13. The molecule has 0 radical (unpaired) electrons. The Balaban J connectivity index is 1.94. The van der Waals surface area contributed by atoms with Crippen LogP contribution in [-0.4, -0.2) is 12.2 Å². The number of phenols is 1. The van der Waals surface area contributed by atoms with Gasteiger partial charge in [-0.1, -0.05) is 24.3 Å². The molecule has 0 saturated carbocycles. The molecule has 0 aliphatic heterocycles. The van der Waals surface area contributed by atoms with E-state index in [2.05, 4.69) is 5.32 Å². The third kappa shape index (κ3) is 3.45. The first kappa shape index (κ1) is 13.4. The topological polar surface area (TPSA) is 41.5 Å². The van der Waals surface area contributed by atoms with Gasteiger partial charge in [0.05, 0.1) is 7.11 Å². The molecule has 3 nitrogen and oxygen atoms in total. The van der Waals surface area contributed by atoms with E-state index >= 15 is 0 Å². The van der Waals surface area contributed by atoms with E-state index in [4.69, 9.17) is 4.74 Å². The highest BCUT2D eigenvalue weighted by Crippen LogP contribution is 2.23. The first-order valence-corrected chi connectivity index (χ1v) is 6.00. The maximum absolute atomic E-state index is 13.4. The van der Waals surface area contributed by atoms with Crippen LogP contribution in [0.3, 0.4) is 0 Å². The Bertz CT molecular complexity index is 558. The fourth-order valence-electron chi connectivity index (χ4n) is 1.79. The number of hydrogen-bond acceptors (Lipinski definition) is 3. The fourth-order valence-corrected chi connectivity index (χ4v) is 1.79. The van der Waals surface area contributed by atoms with Crippen molar-refractivity contribution in [2.75, 3.05) is 7.11 Å². The van der Waals surface area contributed by atoms with Gasteiger partial charge in [0.15, 0.2) is 0 Å². The van der Waals surface area contributed by atoms with Gasteiger partial charge in [-0.05, 0) is 12.1 Å². The minimum atomic E-state index is -0.228. The fraction of sp³-hybridized carbons (Fsp3) is 0.200. The van der Waals surface area contributed by atoms with Crippen molar-refractivity contribution in [2.45, 2.75) is 13.1 Å². The molecule has 0 aromatic heterocycles. The third-order valence-electron chi connectivity index (χ3n) is 2.88. The molecule has 0 spiro atoms. The molecule has 0 saturated heterocycles. The van der Waals surface area contributed by atoms with E-state index in [0.29, 0.717) is 24.4 Å². The number of phenolic OH excluding ortho intramolecular Hbond substituents is 1. The molecule has 0 aliphatic carbocycles. The molecule has 4 heteroatoms. The summed E-state index contributed by atoms with van der Waals surface area (Å²) in [5.74, 6) is 0.546. The summed E-state index contributed by atoms with van der Waals surface area (Å²) in [7, 11) is 1.55. The van der Waals surface area contributed by atoms with Crippen LogP contribution in [0.15, 0.2) is 42.5 Å². The van der Waals surface area contributed by atoms with Crippen LogP contribution in [0.25, 0.3) is 0 Å². The largest absolute Gasteiger partial charge is 0.507 e. The van der Waals surface area contributed by atoms with Crippen LogP contribution < -0.4 is 10.1 Å². The number of nitrogens with one attached hydrogen (secondary N) is 1. The lowest BCUT2D eigenvalue weighted by Gasteiger charge is -2.09. The first-order valence-electron chi connectivity index (χ1n) is 6.00. The Morgan fingerprint density at radius 2 is 1.84 bits per heavy atom. The van der Waals surface area contributed by atoms with Gasteiger partial charge >= 0.3 is 0 Å². The van der Waals surface area contributed by atoms with E-state index < -0.39 is 0 Å². The van der Waals surface area contributed by atoms with Gasteiger partial charge in [-0.15, -0.1) is 0 Å². The molecular weight excluding hydrogens is 245 g/mol. The second-order valence-corrected chi connectivity index (χ2v) is 4.19. The highest BCUT2D eigenvalue weighted by atomic mass is 19.1. The van der Waals surface area contributed by atoms with Gasteiger partial charge in [0.25, 0.3) is 0 Å². The van der Waals surface area contributed by atoms with E-state index in [-0.39, 0.29) is 11.6 Å². The van der Waals surface area contributed by atoms with Gasteiger partial charge in [-0.25, -0.2) is 4.39 Å². The van der Waals surface area contributed by atoms with Gasteiger partial charge < -0.3 is 15.2 Å². The SMILES string of the molecule is COc1ccc(CNCc2ccccc2F)c(O)c1. The Morgan fingerprint density at radius 3 is 2.53 bits per heavy atom. The zero-order chi connectivity index (χ0) is 13.7. The molecule has 0 atom stereocenters. The number of methoxy groups -OCH3 is 1. The van der Waals surface area contributed by atoms with Crippen molar-refractivity contribution in [2.24, 2.45) is 0 Å². The van der Waals surface area contributed by atoms with E-state index in [9.17, 15) is 9.50 Å². The van der Waals surface area contributed by atoms with Crippen molar-refractivity contribution in [3.8, 4) is 11.5 Å². The quantitative estimate of drug-likeness (QED) is 0.869. The molecule has 2 aromatic carbocycles. The second kappa shape index (κ2) is 6.20. The van der Waals surface area contributed by atoms with Gasteiger partial charge in [-0.3, -0.25) is 0 Å². The number of benzene rings is 2. The molecule has 19 heavy (non-hydrogen) atoms. The summed E-state index contributed by atoms with van der Waals surface area (Å²) in [5, 5.41) is 12.9. The van der Waals surface area contributed by atoms with Crippen LogP contribution in [0.2, 0.25) is 0 Å². The number of ether oxygens (including phenoxy) is 1. The van der Waals surface area contributed by atoms with Gasteiger partial charge in [0, 0.05) is 30.3 Å². The van der Waals surface area contributed by atoms with E-state index in [1.807, 2.05) is 0 Å². The minimum Gasteiger partial charge on any atom is -0.507 e. The van der Waals surface area contributed by atoms with Crippen LogP contribution in [0, 0.1) is 5.82 Å². The van der Waals surface area contributed by atoms with Crippen molar-refractivity contribution in [3.05, 3.63) is 59.4 Å². The normalized spacial score (nSPS) is 10.4. The van der Waals surface area contributed by atoms with Crippen LogP contribution in [-0.2, 0) is 13.1 Å². The molecule has 0 fully saturated rings. The minimum absolute atomic E-state index is 0.167. The standard InChI is InChI=1S/C15H16FNO2/c1-19-13-7-6-12(15(18)8-13)10-17-9-11-4-2-3-5-14(11)16/h2-8,17-18H,9-10H2,1H3. The van der Waals surface area contributed by atoms with E-state index in [1.165, 1.54) is 6.07 Å². The summed E-state index contributed by atoms with van der Waals surface area (Å²) in [4.78, 5) is 0. The van der Waals surface area contributed by atoms with E-state index in [1.54, 1.807) is 43.5 Å². The maximum Gasteiger partial charge on any atom is 0.127 e. The van der Waals surface area contributed by atoms with Crippen LogP contribution in [0.1, 0.15) is 11.1 Å². The lowest BCUT2D eigenvalue weighted by molar-refractivity contribution is 0.406. The van der Waals surface area contributed by atoms with Crippen molar-refractivity contribution in [3.63, 3.8) is 0 Å². The summed E-state index contributed by atoms with van der Waals surface area (Å²) < 4.78 is 18.4. The monoisotopic (exact) mass is 261 g/mol. The van der Waals surface area contributed by atoms with Crippen molar-refractivity contribution >= 4 is 0 Å². The summed E-state index contributed by atoms with van der Waals surface area (Å²) in [6.07, 6.45) is 0. The Morgan fingerprint density at radius 1 is 1.11 bits per heavy atom. The number of halogens is 1. The molecule has 0 heterocycles. The molecule has 2 aromatic rings. The number of rotatable bonds is 5. The molecule has 0 amide bonds. The summed E-state index contributed by atoms with van der Waals surface area (Å²) in [6.45, 7) is 0.877. The Hall–Kier alpha value is -2.07. The predicted molar refractivity (Wildman–Crippen MR) is 71.6 cm³/mol. The molecule has 2 rings (SSSR count). The third-order valence-corrected chi connectivity index (χ3v) is 2.88. The first-order chi connectivity index (χ1) is 9.20. The van der Waals surface area contributed by atoms with Crippen molar-refractivity contribution in [1.29, 1.82) is 0 Å². The zero-order valence-electron chi connectivity index (χ0n) is 10.7. The second-order valence-electron chi connectivity index (χ2n) is 4.19. The summed E-state index contributed by atoms with van der Waals surface area (Å²) >= 11 is 0.